The number of aromatic nitrogens is 1. The van der Waals surface area contributed by atoms with E-state index in [2.05, 4.69) is 56.2 Å². The Hall–Kier alpha value is -5.56. The van der Waals surface area contributed by atoms with E-state index in [9.17, 15) is 20.0 Å². The summed E-state index contributed by atoms with van der Waals surface area (Å²) in [5.74, 6) is -0.167. The minimum atomic E-state index is -0.956. The molecule has 0 unspecified atom stereocenters. The van der Waals surface area contributed by atoms with Crippen molar-refractivity contribution in [3.8, 4) is 22.4 Å². The lowest BCUT2D eigenvalue weighted by atomic mass is 9.96. The average molecular weight is 805 g/mol. The SMILES string of the molecule is Cc1c(C(=O)O)c(-c2cccc(N3CCN(c4ccc(NSc5ccc(NCCSc6ccccc6)c([N+](=O)[O-])c5)cc4)CC3)c2)c(-c2ccc(Cl)cc2)n1C. The van der Waals surface area contributed by atoms with Crippen molar-refractivity contribution in [3.05, 3.63) is 148 Å². The second-order valence-electron chi connectivity index (χ2n) is 13.4. The highest BCUT2D eigenvalue weighted by molar-refractivity contribution is 8.00. The van der Waals surface area contributed by atoms with Gasteiger partial charge in [-0.15, -0.1) is 11.8 Å². The molecule has 10 nitrogen and oxygen atoms in total. The molecule has 7 rings (SSSR count). The molecular weight excluding hydrogens is 764 g/mol. The lowest BCUT2D eigenvalue weighted by Gasteiger charge is -2.37. The van der Waals surface area contributed by atoms with E-state index < -0.39 is 5.97 Å². The zero-order valence-electron chi connectivity index (χ0n) is 30.9. The van der Waals surface area contributed by atoms with E-state index in [4.69, 9.17) is 11.6 Å². The third-order valence-electron chi connectivity index (χ3n) is 9.91. The van der Waals surface area contributed by atoms with Crippen LogP contribution in [0.2, 0.25) is 5.02 Å². The molecule has 0 amide bonds. The van der Waals surface area contributed by atoms with Crippen molar-refractivity contribution < 1.29 is 14.8 Å². The highest BCUT2D eigenvalue weighted by atomic mass is 35.5. The van der Waals surface area contributed by atoms with Crippen molar-refractivity contribution in [3.63, 3.8) is 0 Å². The van der Waals surface area contributed by atoms with Crippen LogP contribution in [-0.4, -0.2) is 59.0 Å². The van der Waals surface area contributed by atoms with Crippen LogP contribution in [0, 0.1) is 17.0 Å². The lowest BCUT2D eigenvalue weighted by Crippen LogP contribution is -2.46. The predicted octanol–water partition coefficient (Wildman–Crippen LogP) is 10.6. The van der Waals surface area contributed by atoms with E-state index in [1.807, 2.05) is 91.3 Å². The van der Waals surface area contributed by atoms with Crippen LogP contribution in [0.4, 0.5) is 28.4 Å². The van der Waals surface area contributed by atoms with Gasteiger partial charge in [-0.1, -0.05) is 54.1 Å². The number of hydrogen-bond acceptors (Lipinski definition) is 9. The van der Waals surface area contributed by atoms with Crippen LogP contribution >= 0.6 is 35.3 Å². The fourth-order valence-corrected chi connectivity index (χ4v) is 8.57. The van der Waals surface area contributed by atoms with E-state index in [1.54, 1.807) is 23.9 Å². The number of carboxylic acids is 1. The molecule has 13 heteroatoms. The summed E-state index contributed by atoms with van der Waals surface area (Å²) in [5.41, 5.74) is 7.89. The number of carboxylic acid groups (broad SMARTS) is 1. The molecule has 0 aliphatic carbocycles. The maximum absolute atomic E-state index is 12.6. The van der Waals surface area contributed by atoms with Gasteiger partial charge in [-0.25, -0.2) is 4.79 Å². The molecule has 3 N–H and O–H groups in total. The van der Waals surface area contributed by atoms with Gasteiger partial charge in [0.15, 0.2) is 0 Å². The molecule has 0 saturated carbocycles. The Morgan fingerprint density at radius 2 is 1.52 bits per heavy atom. The normalized spacial score (nSPS) is 12.8. The first-order valence-corrected chi connectivity index (χ1v) is 20.4. The number of halogens is 1. The number of nitrogens with zero attached hydrogens (tertiary/aromatic N) is 4. The number of anilines is 4. The summed E-state index contributed by atoms with van der Waals surface area (Å²) in [6.45, 7) is 5.70. The van der Waals surface area contributed by atoms with Crippen LogP contribution in [0.5, 0.6) is 0 Å². The molecule has 286 valence electrons. The fraction of sp³-hybridized carbons (Fsp3) is 0.186. The number of rotatable bonds is 14. The van der Waals surface area contributed by atoms with Gasteiger partial charge in [0, 0.05) is 94.7 Å². The van der Waals surface area contributed by atoms with Crippen molar-refractivity contribution in [2.45, 2.75) is 16.7 Å². The van der Waals surface area contributed by atoms with Gasteiger partial charge in [0.25, 0.3) is 5.69 Å². The van der Waals surface area contributed by atoms with Gasteiger partial charge in [0.2, 0.25) is 0 Å². The number of nitro groups is 1. The molecule has 1 saturated heterocycles. The van der Waals surface area contributed by atoms with Crippen molar-refractivity contribution in [2.75, 3.05) is 58.3 Å². The summed E-state index contributed by atoms with van der Waals surface area (Å²) in [4.78, 5) is 30.7. The third kappa shape index (κ3) is 8.78. The molecule has 2 heterocycles. The van der Waals surface area contributed by atoms with E-state index in [0.29, 0.717) is 34.1 Å². The maximum atomic E-state index is 12.6. The molecule has 1 fully saturated rings. The third-order valence-corrected chi connectivity index (χ3v) is 12.0. The Balaban J connectivity index is 0.961. The van der Waals surface area contributed by atoms with Gasteiger partial charge in [-0.3, -0.25) is 10.1 Å². The van der Waals surface area contributed by atoms with Gasteiger partial charge in [-0.2, -0.15) is 0 Å². The number of nitro benzene ring substituents is 1. The maximum Gasteiger partial charge on any atom is 0.338 e. The van der Waals surface area contributed by atoms with Crippen LogP contribution in [0.25, 0.3) is 22.4 Å². The molecule has 1 aliphatic rings. The summed E-state index contributed by atoms with van der Waals surface area (Å²) < 4.78 is 5.27. The Bertz CT molecular complexity index is 2330. The van der Waals surface area contributed by atoms with E-state index >= 15 is 0 Å². The van der Waals surface area contributed by atoms with E-state index in [-0.39, 0.29) is 10.6 Å². The zero-order valence-corrected chi connectivity index (χ0v) is 33.3. The molecule has 0 bridgehead atoms. The Kier molecular flexibility index (Phi) is 12.1. The van der Waals surface area contributed by atoms with Crippen LogP contribution < -0.4 is 19.8 Å². The largest absolute Gasteiger partial charge is 0.478 e. The number of hydrogen-bond donors (Lipinski definition) is 3. The standard InChI is InChI=1S/C43H41ClN6O4S2/c1-29-40(43(51)52)41(42(47(29)2)30-11-13-32(44)14-12-30)31-7-6-8-35(27-31)49-24-22-48(23-25-49)34-17-15-33(16-18-34)46-56-37-19-20-38(39(28-37)50(53)54)45-21-26-55-36-9-4-3-5-10-36/h3-20,27-28,45-46H,21-26H2,1-2H3,(H,51,52). The summed E-state index contributed by atoms with van der Waals surface area (Å²) in [5, 5.41) is 26.0. The zero-order chi connectivity index (χ0) is 39.2. The predicted molar refractivity (Wildman–Crippen MR) is 232 cm³/mol. The van der Waals surface area contributed by atoms with Crippen LogP contribution in [-0.2, 0) is 7.05 Å². The monoisotopic (exact) mass is 804 g/mol. The molecule has 0 radical (unpaired) electrons. The van der Waals surface area contributed by atoms with Crippen molar-refractivity contribution in [1.29, 1.82) is 0 Å². The number of piperazine rings is 1. The highest BCUT2D eigenvalue weighted by Gasteiger charge is 2.26. The summed E-state index contributed by atoms with van der Waals surface area (Å²) in [6, 6.07) is 39.2. The lowest BCUT2D eigenvalue weighted by molar-refractivity contribution is -0.384. The Morgan fingerprint density at radius 3 is 2.20 bits per heavy atom. The highest BCUT2D eigenvalue weighted by Crippen LogP contribution is 2.40. The molecule has 0 atom stereocenters. The quantitative estimate of drug-likeness (QED) is 0.0323. The van der Waals surface area contributed by atoms with Crippen LogP contribution in [0.15, 0.2) is 131 Å². The smallest absolute Gasteiger partial charge is 0.338 e. The molecule has 56 heavy (non-hydrogen) atoms. The Morgan fingerprint density at radius 1 is 0.821 bits per heavy atom. The summed E-state index contributed by atoms with van der Waals surface area (Å²) in [6.07, 6.45) is 0. The van der Waals surface area contributed by atoms with Gasteiger partial charge in [0.1, 0.15) is 5.69 Å². The number of benzene rings is 5. The van der Waals surface area contributed by atoms with Gasteiger partial charge < -0.3 is 29.5 Å². The molecule has 6 aromatic rings. The molecule has 1 aromatic heterocycles. The van der Waals surface area contributed by atoms with Crippen molar-refractivity contribution in [2.24, 2.45) is 7.05 Å². The average Bonchev–Trinajstić information content (AvgIpc) is 3.49. The van der Waals surface area contributed by atoms with Crippen molar-refractivity contribution in [1.82, 2.24) is 4.57 Å². The Labute approximate surface area is 339 Å². The number of thioether (sulfide) groups is 1. The minimum absolute atomic E-state index is 0.0468. The van der Waals surface area contributed by atoms with E-state index in [1.165, 1.54) is 16.8 Å². The second kappa shape index (κ2) is 17.5. The molecule has 0 spiro atoms. The number of aromatic carboxylic acids is 1. The van der Waals surface area contributed by atoms with Gasteiger partial charge >= 0.3 is 5.97 Å². The second-order valence-corrected chi connectivity index (χ2v) is 15.8. The van der Waals surface area contributed by atoms with Gasteiger partial charge in [-0.05, 0) is 103 Å². The van der Waals surface area contributed by atoms with Crippen LogP contribution in [0.3, 0.4) is 0 Å². The topological polar surface area (TPSA) is 116 Å². The summed E-state index contributed by atoms with van der Waals surface area (Å²) >= 11 is 9.23. The number of carbonyl (C=O) groups is 1. The summed E-state index contributed by atoms with van der Waals surface area (Å²) in [7, 11) is 1.90. The first-order chi connectivity index (χ1) is 27.2. The number of nitrogens with one attached hydrogen (secondary N) is 2. The molecular formula is C43H41ClN6O4S2. The first kappa shape index (κ1) is 38.7. The minimum Gasteiger partial charge on any atom is -0.478 e. The fourth-order valence-electron chi connectivity index (χ4n) is 6.98. The molecule has 1 aliphatic heterocycles. The van der Waals surface area contributed by atoms with Crippen molar-refractivity contribution >= 4 is 69.7 Å². The molecule has 5 aromatic carbocycles. The van der Waals surface area contributed by atoms with E-state index in [0.717, 1.165) is 70.7 Å². The van der Waals surface area contributed by atoms with Gasteiger partial charge in [0.05, 0.1) is 16.2 Å². The first-order valence-electron chi connectivity index (χ1n) is 18.2. The van der Waals surface area contributed by atoms with Crippen LogP contribution in [0.1, 0.15) is 16.1 Å².